The van der Waals surface area contributed by atoms with Crippen LogP contribution in [0.1, 0.15) is 61.9 Å². The van der Waals surface area contributed by atoms with E-state index in [9.17, 15) is 9.59 Å². The average Bonchev–Trinajstić information content (AvgIpc) is 2.98. The van der Waals surface area contributed by atoms with Crippen LogP contribution in [0.15, 0.2) is 18.2 Å². The van der Waals surface area contributed by atoms with E-state index in [-0.39, 0.29) is 36.3 Å². The van der Waals surface area contributed by atoms with Crippen molar-refractivity contribution in [1.29, 1.82) is 0 Å². The Bertz CT molecular complexity index is 648. The molecular weight excluding hydrogens is 350 g/mol. The van der Waals surface area contributed by atoms with Crippen LogP contribution in [0.2, 0.25) is 0 Å². The van der Waals surface area contributed by atoms with Crippen molar-refractivity contribution in [2.45, 2.75) is 71.0 Å². The third kappa shape index (κ3) is 4.77. The van der Waals surface area contributed by atoms with Gasteiger partial charge < -0.3 is 16.0 Å². The van der Waals surface area contributed by atoms with Gasteiger partial charge in [0.25, 0.3) is 5.91 Å². The molecule has 0 aromatic heterocycles. The maximum Gasteiger partial charge on any atom is 0.251 e. The van der Waals surface area contributed by atoms with Gasteiger partial charge in [-0.05, 0) is 69.7 Å². The molecule has 2 amide bonds. The van der Waals surface area contributed by atoms with Gasteiger partial charge in [0, 0.05) is 23.3 Å². The molecule has 26 heavy (non-hydrogen) atoms. The normalized spacial score (nSPS) is 24.5. The summed E-state index contributed by atoms with van der Waals surface area (Å²) in [5, 5.41) is 9.41. The number of halogens is 1. The molecule has 0 bridgehead atoms. The van der Waals surface area contributed by atoms with Crippen LogP contribution in [0.5, 0.6) is 0 Å². The topological polar surface area (TPSA) is 70.2 Å². The highest BCUT2D eigenvalue weighted by atomic mass is 35.5. The highest BCUT2D eigenvalue weighted by molar-refractivity contribution is 5.98. The van der Waals surface area contributed by atoms with Gasteiger partial charge in [0.15, 0.2) is 0 Å². The molecule has 3 N–H and O–H groups in total. The summed E-state index contributed by atoms with van der Waals surface area (Å²) >= 11 is 0. The second-order valence-electron chi connectivity index (χ2n) is 7.75. The lowest BCUT2D eigenvalue weighted by Gasteiger charge is -2.24. The largest absolute Gasteiger partial charge is 0.350 e. The summed E-state index contributed by atoms with van der Waals surface area (Å²) in [6, 6.07) is 5.97. The molecular formula is C20H30ClN3O2. The first-order valence-corrected chi connectivity index (χ1v) is 9.42. The van der Waals surface area contributed by atoms with Gasteiger partial charge in [-0.2, -0.15) is 0 Å². The Labute approximate surface area is 162 Å². The number of amides is 2. The number of benzene rings is 1. The van der Waals surface area contributed by atoms with Crippen molar-refractivity contribution in [2.24, 2.45) is 5.92 Å². The van der Waals surface area contributed by atoms with Gasteiger partial charge in [-0.15, -0.1) is 12.4 Å². The molecule has 2 fully saturated rings. The monoisotopic (exact) mass is 379 g/mol. The predicted molar refractivity (Wildman–Crippen MR) is 107 cm³/mol. The van der Waals surface area contributed by atoms with E-state index in [4.69, 9.17) is 0 Å². The van der Waals surface area contributed by atoms with E-state index >= 15 is 0 Å². The number of carbonyl (C=O) groups excluding carboxylic acids is 2. The summed E-state index contributed by atoms with van der Waals surface area (Å²) in [7, 11) is 0. The van der Waals surface area contributed by atoms with E-state index in [0.29, 0.717) is 17.5 Å². The minimum atomic E-state index is -0.0997. The van der Waals surface area contributed by atoms with Crippen molar-refractivity contribution in [3.63, 3.8) is 0 Å². The number of nitrogens with one attached hydrogen (secondary N) is 3. The molecule has 1 aromatic carbocycles. The molecule has 1 aliphatic carbocycles. The molecule has 5 nitrogen and oxygen atoms in total. The fourth-order valence-electron chi connectivity index (χ4n) is 4.09. The summed E-state index contributed by atoms with van der Waals surface area (Å²) in [5.74, 6) is 0.605. The first kappa shape index (κ1) is 20.7. The Kier molecular flexibility index (Phi) is 7.07. The predicted octanol–water partition coefficient (Wildman–Crippen LogP) is 3.41. The smallest absolute Gasteiger partial charge is 0.251 e. The Morgan fingerprint density at radius 1 is 1.19 bits per heavy atom. The molecule has 3 unspecified atom stereocenters. The van der Waals surface area contributed by atoms with Crippen molar-refractivity contribution in [1.82, 2.24) is 10.6 Å². The first-order chi connectivity index (χ1) is 11.9. The van der Waals surface area contributed by atoms with Gasteiger partial charge in [0.05, 0.1) is 6.04 Å². The van der Waals surface area contributed by atoms with Gasteiger partial charge in [0.1, 0.15) is 0 Å². The zero-order chi connectivity index (χ0) is 18.0. The van der Waals surface area contributed by atoms with Crippen LogP contribution in [0.25, 0.3) is 0 Å². The summed E-state index contributed by atoms with van der Waals surface area (Å²) in [6.45, 7) is 5.77. The average molecular weight is 380 g/mol. The molecule has 2 aliphatic rings. The SMILES string of the molecule is Cc1cc(NC(=O)C2CC3CCCCC3N2)ccc1C(=O)NC(C)C.Cl. The van der Waals surface area contributed by atoms with E-state index in [1.807, 2.05) is 32.9 Å². The fraction of sp³-hybridized carbons (Fsp3) is 0.600. The van der Waals surface area contributed by atoms with Crippen LogP contribution < -0.4 is 16.0 Å². The molecule has 1 saturated carbocycles. The van der Waals surface area contributed by atoms with Crippen LogP contribution in [0.4, 0.5) is 5.69 Å². The molecule has 1 saturated heterocycles. The fourth-order valence-corrected chi connectivity index (χ4v) is 4.09. The number of hydrogen-bond acceptors (Lipinski definition) is 3. The van der Waals surface area contributed by atoms with Crippen LogP contribution in [-0.2, 0) is 4.79 Å². The highest BCUT2D eigenvalue weighted by Crippen LogP contribution is 2.33. The minimum absolute atomic E-state index is 0. The number of carbonyl (C=O) groups is 2. The quantitative estimate of drug-likeness (QED) is 0.750. The van der Waals surface area contributed by atoms with Crippen molar-refractivity contribution in [2.75, 3.05) is 5.32 Å². The third-order valence-electron chi connectivity index (χ3n) is 5.34. The number of fused-ring (bicyclic) bond motifs is 1. The molecule has 0 spiro atoms. The third-order valence-corrected chi connectivity index (χ3v) is 5.34. The molecule has 1 aromatic rings. The van der Waals surface area contributed by atoms with Gasteiger partial charge in [-0.1, -0.05) is 12.8 Å². The van der Waals surface area contributed by atoms with Crippen LogP contribution in [0.3, 0.4) is 0 Å². The van der Waals surface area contributed by atoms with E-state index in [0.717, 1.165) is 17.7 Å². The Hall–Kier alpha value is -1.59. The van der Waals surface area contributed by atoms with Gasteiger partial charge in [-0.3, -0.25) is 9.59 Å². The standard InChI is InChI=1S/C20H29N3O2.ClH/c1-12(2)21-19(24)16-9-8-15(10-13(16)3)22-20(25)18-11-14-6-4-5-7-17(14)23-18;/h8-10,12,14,17-18,23H,4-7,11H2,1-3H3,(H,21,24)(H,22,25);1H. The number of hydrogen-bond donors (Lipinski definition) is 3. The van der Waals surface area contributed by atoms with Crippen molar-refractivity contribution in [3.8, 4) is 0 Å². The van der Waals surface area contributed by atoms with Crippen LogP contribution in [0, 0.1) is 12.8 Å². The second kappa shape index (κ2) is 8.87. The Balaban J connectivity index is 0.00000243. The maximum atomic E-state index is 12.6. The van der Waals surface area contributed by atoms with Crippen LogP contribution in [-0.4, -0.2) is 29.9 Å². The summed E-state index contributed by atoms with van der Waals surface area (Å²) in [6.07, 6.45) is 5.91. The molecule has 6 heteroatoms. The highest BCUT2D eigenvalue weighted by Gasteiger charge is 2.38. The van der Waals surface area contributed by atoms with E-state index in [1.54, 1.807) is 6.07 Å². The van der Waals surface area contributed by atoms with Gasteiger partial charge in [0.2, 0.25) is 5.91 Å². The van der Waals surface area contributed by atoms with Crippen molar-refractivity contribution < 1.29 is 9.59 Å². The van der Waals surface area contributed by atoms with Gasteiger partial charge in [-0.25, -0.2) is 0 Å². The molecule has 3 rings (SSSR count). The Morgan fingerprint density at radius 3 is 2.58 bits per heavy atom. The Morgan fingerprint density at radius 2 is 1.92 bits per heavy atom. The van der Waals surface area contributed by atoms with Crippen molar-refractivity contribution in [3.05, 3.63) is 29.3 Å². The zero-order valence-corrected chi connectivity index (χ0v) is 16.6. The summed E-state index contributed by atoms with van der Waals surface area (Å²) < 4.78 is 0. The second-order valence-corrected chi connectivity index (χ2v) is 7.75. The first-order valence-electron chi connectivity index (χ1n) is 9.42. The lowest BCUT2D eigenvalue weighted by atomic mass is 9.85. The van der Waals surface area contributed by atoms with E-state index in [1.165, 1.54) is 25.7 Å². The minimum Gasteiger partial charge on any atom is -0.350 e. The maximum absolute atomic E-state index is 12.6. The van der Waals surface area contributed by atoms with Crippen LogP contribution >= 0.6 is 12.4 Å². The van der Waals surface area contributed by atoms with Gasteiger partial charge >= 0.3 is 0 Å². The van der Waals surface area contributed by atoms with E-state index in [2.05, 4.69) is 16.0 Å². The zero-order valence-electron chi connectivity index (χ0n) is 15.8. The number of rotatable bonds is 4. The lowest BCUT2D eigenvalue weighted by Crippen LogP contribution is -2.39. The summed E-state index contributed by atoms with van der Waals surface area (Å²) in [4.78, 5) is 24.7. The van der Waals surface area contributed by atoms with E-state index < -0.39 is 0 Å². The summed E-state index contributed by atoms with van der Waals surface area (Å²) in [5.41, 5.74) is 2.26. The molecule has 0 radical (unpaired) electrons. The molecule has 1 heterocycles. The lowest BCUT2D eigenvalue weighted by molar-refractivity contribution is -0.117. The molecule has 144 valence electrons. The number of anilines is 1. The van der Waals surface area contributed by atoms with Crippen molar-refractivity contribution >= 4 is 29.9 Å². The molecule has 1 aliphatic heterocycles. The molecule has 3 atom stereocenters. The number of aryl methyl sites for hydroxylation is 1.